The zero-order valence-electron chi connectivity index (χ0n) is 40.9. The zero-order chi connectivity index (χ0) is 50.8. The number of benzene rings is 5. The number of aromatic nitrogens is 8. The van der Waals surface area contributed by atoms with Crippen LogP contribution in [-0.2, 0) is 19.2 Å². The summed E-state index contributed by atoms with van der Waals surface area (Å²) in [6.07, 6.45) is 0. The molecule has 5 aromatic carbocycles. The maximum atomic E-state index is 13.1. The lowest BCUT2D eigenvalue weighted by molar-refractivity contribution is -0.133. The van der Waals surface area contributed by atoms with Crippen molar-refractivity contribution in [1.82, 2.24) is 39.1 Å². The van der Waals surface area contributed by atoms with Crippen LogP contribution in [0.1, 0.15) is 95.7 Å². The van der Waals surface area contributed by atoms with Crippen molar-refractivity contribution in [2.45, 2.75) is 67.2 Å². The van der Waals surface area contributed by atoms with Crippen LogP contribution in [0.4, 0.5) is 0 Å². The Morgan fingerprint density at radius 1 is 0.333 bits per heavy atom. The van der Waals surface area contributed by atoms with Crippen LogP contribution in [0.2, 0.25) is 0 Å². The average molecular weight is 963 g/mol. The second-order valence-electron chi connectivity index (χ2n) is 17.1. The fourth-order valence-electron chi connectivity index (χ4n) is 9.15. The summed E-state index contributed by atoms with van der Waals surface area (Å²) in [4.78, 5) is 52.5. The third-order valence-corrected chi connectivity index (χ3v) is 12.0. The van der Waals surface area contributed by atoms with Crippen molar-refractivity contribution in [2.24, 2.45) is 0 Å². The van der Waals surface area contributed by atoms with Gasteiger partial charge >= 0.3 is 23.9 Å². The van der Waals surface area contributed by atoms with Gasteiger partial charge in [0.1, 0.15) is 0 Å². The molecule has 362 valence electrons. The number of aryl methyl sites for hydroxylation is 4. The Bertz CT molecular complexity index is 3030. The van der Waals surface area contributed by atoms with Gasteiger partial charge in [-0.05, 0) is 87.4 Å². The number of ether oxygens (including phenoxy) is 4. The van der Waals surface area contributed by atoms with E-state index < -0.39 is 35.7 Å². The van der Waals surface area contributed by atoms with Gasteiger partial charge in [0.15, 0.2) is 0 Å². The van der Waals surface area contributed by atoms with Crippen LogP contribution in [0.5, 0.6) is 23.5 Å². The molecule has 4 aromatic heterocycles. The second-order valence-corrected chi connectivity index (χ2v) is 17.1. The fraction of sp³-hybridized carbons (Fsp3) is 0.179. The molecular weight excluding hydrogens is 913 g/mol. The Hall–Kier alpha value is -9.18. The van der Waals surface area contributed by atoms with E-state index in [0.29, 0.717) is 78.9 Å². The summed E-state index contributed by atoms with van der Waals surface area (Å²) in [6, 6.07) is 44.9. The van der Waals surface area contributed by atoms with E-state index in [4.69, 9.17) is 39.3 Å². The van der Waals surface area contributed by atoms with Crippen LogP contribution in [0.3, 0.4) is 0 Å². The third kappa shape index (κ3) is 9.32. The SMILES string of the molecule is CC(=O)Oc1c(C(c2ccc(C(c3c(C)nn(-c4ccccc4)c3OC(C)=O)c3c(C)nn(-c4ccccc4)c3OC(C)=O)cc2)c2c(C)nn(-c3ccccc3)c2OC(C)=O)c(C)nn1-c1ccccc1. The first kappa shape index (κ1) is 47.9. The van der Waals surface area contributed by atoms with Crippen molar-refractivity contribution in [1.29, 1.82) is 0 Å². The predicted octanol–water partition coefficient (Wildman–Crippen LogP) is 9.72. The van der Waals surface area contributed by atoms with Gasteiger partial charge in [0.25, 0.3) is 0 Å². The molecule has 0 fully saturated rings. The molecule has 0 radical (unpaired) electrons. The molecule has 0 N–H and O–H groups in total. The van der Waals surface area contributed by atoms with E-state index in [-0.39, 0.29) is 23.5 Å². The maximum absolute atomic E-state index is 13.1. The summed E-state index contributed by atoms with van der Waals surface area (Å²) in [7, 11) is 0. The Kier molecular flexibility index (Phi) is 13.3. The molecule has 0 saturated heterocycles. The second kappa shape index (κ2) is 20.0. The predicted molar refractivity (Wildman–Crippen MR) is 267 cm³/mol. The molecule has 72 heavy (non-hydrogen) atoms. The van der Waals surface area contributed by atoms with Gasteiger partial charge in [-0.15, -0.1) is 0 Å². The number of carbonyl (C=O) groups is 4. The summed E-state index contributed by atoms with van der Waals surface area (Å²) in [6.45, 7) is 12.6. The van der Waals surface area contributed by atoms with E-state index in [1.54, 1.807) is 18.7 Å². The van der Waals surface area contributed by atoms with E-state index >= 15 is 0 Å². The first-order valence-electron chi connectivity index (χ1n) is 23.1. The van der Waals surface area contributed by atoms with E-state index in [1.807, 2.05) is 173 Å². The van der Waals surface area contributed by atoms with E-state index in [0.717, 1.165) is 0 Å². The number of para-hydroxylation sites is 4. The van der Waals surface area contributed by atoms with Crippen LogP contribution in [0, 0.1) is 27.7 Å². The monoisotopic (exact) mass is 962 g/mol. The minimum atomic E-state index is -0.838. The highest BCUT2D eigenvalue weighted by Crippen LogP contribution is 2.49. The molecule has 9 rings (SSSR count). The zero-order valence-corrected chi connectivity index (χ0v) is 40.9. The number of carbonyl (C=O) groups excluding carboxylic acids is 4. The summed E-state index contributed by atoms with van der Waals surface area (Å²) >= 11 is 0. The summed E-state index contributed by atoms with van der Waals surface area (Å²) in [5.74, 6) is -3.36. The van der Waals surface area contributed by atoms with Crippen molar-refractivity contribution < 1.29 is 38.1 Å². The average Bonchev–Trinajstić information content (AvgIpc) is 4.07. The number of rotatable bonds is 14. The molecule has 0 aliphatic carbocycles. The molecule has 9 aromatic rings. The van der Waals surface area contributed by atoms with Crippen LogP contribution >= 0.6 is 0 Å². The van der Waals surface area contributed by atoms with E-state index in [9.17, 15) is 19.2 Å². The highest BCUT2D eigenvalue weighted by atomic mass is 16.6. The molecule has 0 atom stereocenters. The smallest absolute Gasteiger partial charge is 0.309 e. The number of hydrogen-bond acceptors (Lipinski definition) is 12. The van der Waals surface area contributed by atoms with Crippen molar-refractivity contribution in [3.63, 3.8) is 0 Å². The topological polar surface area (TPSA) is 176 Å². The lowest BCUT2D eigenvalue weighted by Gasteiger charge is -2.23. The molecule has 0 aliphatic rings. The van der Waals surface area contributed by atoms with Crippen molar-refractivity contribution in [3.05, 3.63) is 202 Å². The Morgan fingerprint density at radius 3 is 0.708 bits per heavy atom. The van der Waals surface area contributed by atoms with Crippen molar-refractivity contribution >= 4 is 23.9 Å². The summed E-state index contributed by atoms with van der Waals surface area (Å²) in [5.41, 5.74) is 8.02. The molecule has 0 bridgehead atoms. The lowest BCUT2D eigenvalue weighted by Crippen LogP contribution is -2.15. The van der Waals surface area contributed by atoms with Crippen molar-refractivity contribution in [3.8, 4) is 46.3 Å². The van der Waals surface area contributed by atoms with Gasteiger partial charge in [-0.1, -0.05) is 97.1 Å². The molecular formula is C56H50N8O8. The van der Waals surface area contributed by atoms with Crippen LogP contribution in [0.25, 0.3) is 22.7 Å². The standard InChI is InChI=1S/C56H50N8O8/c1-33-47(53(69-37(5)65)61(57-33)43-21-13-9-14-22-43)51(48-34(2)58-62(54(48)70-38(6)66)44-23-15-10-16-24-44)41-29-31-42(32-30-41)52(49-35(3)59-63(55(49)71-39(7)67)45-25-17-11-18-26-45)50-36(4)60-64(56(50)72-40(8)68)46-27-19-12-20-28-46/h9-32,51-52H,1-8H3. The van der Waals surface area contributed by atoms with Gasteiger partial charge in [-0.2, -0.15) is 20.4 Å². The minimum absolute atomic E-state index is 0.156. The molecule has 16 heteroatoms. The normalized spacial score (nSPS) is 11.2. The molecule has 0 amide bonds. The minimum Gasteiger partial charge on any atom is -0.407 e. The number of hydrogen-bond donors (Lipinski definition) is 0. The van der Waals surface area contributed by atoms with Gasteiger partial charge in [0.2, 0.25) is 23.5 Å². The molecule has 0 aliphatic heterocycles. The van der Waals surface area contributed by atoms with E-state index in [2.05, 4.69) is 0 Å². The van der Waals surface area contributed by atoms with Crippen LogP contribution in [-0.4, -0.2) is 63.0 Å². The molecule has 0 unspecified atom stereocenters. The van der Waals surface area contributed by atoms with Gasteiger partial charge in [0.05, 0.1) is 67.8 Å². The third-order valence-electron chi connectivity index (χ3n) is 12.0. The highest BCUT2D eigenvalue weighted by molar-refractivity contribution is 5.74. The van der Waals surface area contributed by atoms with Gasteiger partial charge < -0.3 is 18.9 Å². The molecule has 16 nitrogen and oxygen atoms in total. The largest absolute Gasteiger partial charge is 0.407 e. The quantitative estimate of drug-likeness (QED) is 0.0945. The van der Waals surface area contributed by atoms with Gasteiger partial charge in [-0.3, -0.25) is 19.2 Å². The first-order valence-corrected chi connectivity index (χ1v) is 23.1. The Balaban J connectivity index is 1.34. The molecule has 4 heterocycles. The Labute approximate surface area is 415 Å². The number of nitrogens with zero attached hydrogens (tertiary/aromatic N) is 8. The lowest BCUT2D eigenvalue weighted by atomic mass is 9.81. The first-order chi connectivity index (χ1) is 34.7. The fourth-order valence-corrected chi connectivity index (χ4v) is 9.15. The maximum Gasteiger partial charge on any atom is 0.309 e. The van der Waals surface area contributed by atoms with Crippen LogP contribution < -0.4 is 18.9 Å². The molecule has 0 spiro atoms. The van der Waals surface area contributed by atoms with Crippen LogP contribution in [0.15, 0.2) is 146 Å². The van der Waals surface area contributed by atoms with Gasteiger partial charge in [-0.25, -0.2) is 18.7 Å². The van der Waals surface area contributed by atoms with E-state index in [1.165, 1.54) is 27.7 Å². The Morgan fingerprint density at radius 2 is 0.528 bits per heavy atom. The highest BCUT2D eigenvalue weighted by Gasteiger charge is 2.38. The number of esters is 4. The van der Waals surface area contributed by atoms with Crippen molar-refractivity contribution in [2.75, 3.05) is 0 Å². The summed E-state index contributed by atoms with van der Waals surface area (Å²) < 4.78 is 30.8. The molecule has 0 saturated carbocycles. The van der Waals surface area contributed by atoms with Gasteiger partial charge in [0, 0.05) is 39.5 Å². The summed E-state index contributed by atoms with van der Waals surface area (Å²) in [5, 5.41) is 19.8.